The number of likely N-dealkylation sites (tertiary alicyclic amines) is 1. The van der Waals surface area contributed by atoms with Gasteiger partial charge in [0.25, 0.3) is 5.91 Å². The molecule has 0 atom stereocenters. The lowest BCUT2D eigenvalue weighted by Crippen LogP contribution is -2.40. The van der Waals surface area contributed by atoms with Crippen LogP contribution < -0.4 is 0 Å². The molecule has 110 valence electrons. The molecule has 1 aliphatic rings. The van der Waals surface area contributed by atoms with E-state index in [0.717, 1.165) is 47.0 Å². The van der Waals surface area contributed by atoms with Crippen LogP contribution in [0.15, 0.2) is 27.1 Å². The smallest absolute Gasteiger partial charge is 0.255 e. The third kappa shape index (κ3) is 4.06. The highest BCUT2D eigenvalue weighted by molar-refractivity contribution is 9.11. The van der Waals surface area contributed by atoms with Gasteiger partial charge in [0.2, 0.25) is 0 Å². The number of hydrogen-bond acceptors (Lipinski definition) is 2. The van der Waals surface area contributed by atoms with E-state index in [1.807, 2.05) is 23.1 Å². The van der Waals surface area contributed by atoms with Crippen molar-refractivity contribution in [3.8, 4) is 0 Å². The van der Waals surface area contributed by atoms with Crippen molar-refractivity contribution in [2.45, 2.75) is 12.8 Å². The molecule has 0 bridgehead atoms. The number of rotatable bonds is 3. The van der Waals surface area contributed by atoms with Crippen molar-refractivity contribution < 1.29 is 4.79 Å². The van der Waals surface area contributed by atoms with Gasteiger partial charge in [0.1, 0.15) is 0 Å². The van der Waals surface area contributed by atoms with Gasteiger partial charge >= 0.3 is 0 Å². The Hall–Kier alpha value is -0.390. The number of halogens is 2. The molecule has 0 aromatic heterocycles. The zero-order chi connectivity index (χ0) is 14.7. The summed E-state index contributed by atoms with van der Waals surface area (Å²) in [5.74, 6) is 0.835. The van der Waals surface area contributed by atoms with Crippen LogP contribution in [0.2, 0.25) is 0 Å². The Morgan fingerprint density at radius 1 is 1.30 bits per heavy atom. The predicted octanol–water partition coefficient (Wildman–Crippen LogP) is 3.63. The maximum Gasteiger partial charge on any atom is 0.255 e. The monoisotopic (exact) mass is 402 g/mol. The van der Waals surface area contributed by atoms with Crippen LogP contribution in [0.25, 0.3) is 0 Å². The van der Waals surface area contributed by atoms with E-state index < -0.39 is 0 Å². The molecule has 1 saturated heterocycles. The fourth-order valence-electron chi connectivity index (χ4n) is 2.67. The van der Waals surface area contributed by atoms with E-state index in [9.17, 15) is 4.79 Å². The highest BCUT2D eigenvalue weighted by Crippen LogP contribution is 2.25. The van der Waals surface area contributed by atoms with Crippen LogP contribution in [0, 0.1) is 5.92 Å². The summed E-state index contributed by atoms with van der Waals surface area (Å²) in [7, 11) is 4.21. The van der Waals surface area contributed by atoms with Gasteiger partial charge in [0, 0.05) is 28.6 Å². The molecule has 5 heteroatoms. The van der Waals surface area contributed by atoms with Crippen LogP contribution >= 0.6 is 31.9 Å². The van der Waals surface area contributed by atoms with E-state index in [-0.39, 0.29) is 5.91 Å². The van der Waals surface area contributed by atoms with Gasteiger partial charge in [-0.1, -0.05) is 15.9 Å². The summed E-state index contributed by atoms with van der Waals surface area (Å²) in [6.07, 6.45) is 2.19. The fourth-order valence-corrected chi connectivity index (χ4v) is 3.44. The molecule has 1 aliphatic heterocycles. The second-order valence-corrected chi connectivity index (χ2v) is 7.39. The summed E-state index contributed by atoms with van der Waals surface area (Å²) in [5.41, 5.74) is 0.741. The number of benzene rings is 1. The van der Waals surface area contributed by atoms with Gasteiger partial charge in [-0.3, -0.25) is 4.79 Å². The number of nitrogens with zero attached hydrogens (tertiary/aromatic N) is 2. The quantitative estimate of drug-likeness (QED) is 0.769. The molecule has 2 rings (SSSR count). The van der Waals surface area contributed by atoms with Gasteiger partial charge in [-0.05, 0) is 67.0 Å². The molecule has 0 radical (unpaired) electrons. The normalized spacial score (nSPS) is 16.8. The summed E-state index contributed by atoms with van der Waals surface area (Å²) in [6, 6.07) is 5.73. The molecular formula is C15H20Br2N2O. The molecule has 20 heavy (non-hydrogen) atoms. The molecule has 1 amide bonds. The maximum atomic E-state index is 12.6. The molecule has 0 spiro atoms. The van der Waals surface area contributed by atoms with E-state index in [0.29, 0.717) is 5.92 Å². The minimum absolute atomic E-state index is 0.126. The van der Waals surface area contributed by atoms with Crippen LogP contribution in [-0.4, -0.2) is 49.4 Å². The van der Waals surface area contributed by atoms with Gasteiger partial charge in [-0.2, -0.15) is 0 Å². The number of amides is 1. The van der Waals surface area contributed by atoms with E-state index in [2.05, 4.69) is 50.9 Å². The zero-order valence-corrected chi connectivity index (χ0v) is 15.1. The molecule has 1 fully saturated rings. The van der Waals surface area contributed by atoms with Crippen molar-refractivity contribution >= 4 is 37.8 Å². The Kier molecular flexibility index (Phi) is 5.64. The highest BCUT2D eigenvalue weighted by Gasteiger charge is 2.25. The Morgan fingerprint density at radius 2 is 1.95 bits per heavy atom. The number of piperidine rings is 1. The fraction of sp³-hybridized carbons (Fsp3) is 0.533. The number of hydrogen-bond donors (Lipinski definition) is 0. The van der Waals surface area contributed by atoms with E-state index in [1.165, 1.54) is 0 Å². The van der Waals surface area contributed by atoms with Crippen LogP contribution in [-0.2, 0) is 0 Å². The zero-order valence-electron chi connectivity index (χ0n) is 11.9. The van der Waals surface area contributed by atoms with Crippen molar-refractivity contribution in [1.82, 2.24) is 9.80 Å². The van der Waals surface area contributed by atoms with Crippen molar-refractivity contribution in [2.75, 3.05) is 33.7 Å². The van der Waals surface area contributed by atoms with Crippen molar-refractivity contribution in [3.63, 3.8) is 0 Å². The Balaban J connectivity index is 2.00. The van der Waals surface area contributed by atoms with Gasteiger partial charge in [0.15, 0.2) is 0 Å². The molecule has 0 unspecified atom stereocenters. The average molecular weight is 404 g/mol. The summed E-state index contributed by atoms with van der Waals surface area (Å²) >= 11 is 6.90. The Bertz CT molecular complexity index is 483. The first-order valence-corrected chi connectivity index (χ1v) is 8.45. The number of carbonyl (C=O) groups excluding carboxylic acids is 1. The predicted molar refractivity (Wildman–Crippen MR) is 89.0 cm³/mol. The Morgan fingerprint density at radius 3 is 2.55 bits per heavy atom. The topological polar surface area (TPSA) is 23.6 Å². The third-order valence-corrected chi connectivity index (χ3v) is 4.87. The molecule has 3 nitrogen and oxygen atoms in total. The molecule has 1 aromatic rings. The van der Waals surface area contributed by atoms with E-state index >= 15 is 0 Å². The lowest BCUT2D eigenvalue weighted by atomic mass is 9.96. The average Bonchev–Trinajstić information content (AvgIpc) is 2.41. The third-order valence-electron chi connectivity index (χ3n) is 3.68. The molecule has 0 saturated carbocycles. The summed E-state index contributed by atoms with van der Waals surface area (Å²) in [6.45, 7) is 2.83. The summed E-state index contributed by atoms with van der Waals surface area (Å²) in [4.78, 5) is 16.8. The van der Waals surface area contributed by atoms with Crippen molar-refractivity contribution in [2.24, 2.45) is 5.92 Å². The first-order valence-electron chi connectivity index (χ1n) is 6.86. The minimum Gasteiger partial charge on any atom is -0.339 e. The van der Waals surface area contributed by atoms with Gasteiger partial charge in [0.05, 0.1) is 5.56 Å². The first-order chi connectivity index (χ1) is 9.47. The molecule has 1 aromatic carbocycles. The highest BCUT2D eigenvalue weighted by atomic mass is 79.9. The lowest BCUT2D eigenvalue weighted by molar-refractivity contribution is 0.0677. The van der Waals surface area contributed by atoms with E-state index in [1.54, 1.807) is 0 Å². The standard InChI is InChI=1S/C15H20Br2N2O/c1-18(2)10-11-5-7-19(8-6-11)15(20)13-9-12(16)3-4-14(13)17/h3-4,9,11H,5-8,10H2,1-2H3. The summed E-state index contributed by atoms with van der Waals surface area (Å²) in [5, 5.41) is 0. The maximum absolute atomic E-state index is 12.6. The molecular weight excluding hydrogens is 384 g/mol. The molecule has 0 N–H and O–H groups in total. The van der Waals surface area contributed by atoms with Crippen molar-refractivity contribution in [3.05, 3.63) is 32.7 Å². The second-order valence-electron chi connectivity index (χ2n) is 5.62. The summed E-state index contributed by atoms with van der Waals surface area (Å²) < 4.78 is 1.80. The molecule has 1 heterocycles. The SMILES string of the molecule is CN(C)CC1CCN(C(=O)c2cc(Br)ccc2Br)CC1. The van der Waals surface area contributed by atoms with Crippen LogP contribution in [0.3, 0.4) is 0 Å². The van der Waals surface area contributed by atoms with Crippen molar-refractivity contribution in [1.29, 1.82) is 0 Å². The van der Waals surface area contributed by atoms with Crippen LogP contribution in [0.1, 0.15) is 23.2 Å². The number of carbonyl (C=O) groups is 1. The van der Waals surface area contributed by atoms with Gasteiger partial charge < -0.3 is 9.80 Å². The molecule has 0 aliphatic carbocycles. The van der Waals surface area contributed by atoms with Gasteiger partial charge in [-0.15, -0.1) is 0 Å². The van der Waals surface area contributed by atoms with Crippen LogP contribution in [0.4, 0.5) is 0 Å². The lowest BCUT2D eigenvalue weighted by Gasteiger charge is -2.33. The van der Waals surface area contributed by atoms with Crippen LogP contribution in [0.5, 0.6) is 0 Å². The minimum atomic E-state index is 0.126. The van der Waals surface area contributed by atoms with E-state index in [4.69, 9.17) is 0 Å². The second kappa shape index (κ2) is 7.05. The largest absolute Gasteiger partial charge is 0.339 e. The van der Waals surface area contributed by atoms with Gasteiger partial charge in [-0.25, -0.2) is 0 Å². The first kappa shape index (κ1) is 16.0. The Labute approximate surface area is 137 Å².